The largest absolute Gasteiger partial charge is 0.316 e. The number of benzene rings is 1. The molecule has 100 valence electrons. The summed E-state index contributed by atoms with van der Waals surface area (Å²) in [5.74, 6) is 1.41. The van der Waals surface area contributed by atoms with Gasteiger partial charge in [-0.1, -0.05) is 48.8 Å². The van der Waals surface area contributed by atoms with Gasteiger partial charge in [0.2, 0.25) is 0 Å². The molecule has 1 fully saturated rings. The zero-order chi connectivity index (χ0) is 13.2. The predicted molar refractivity (Wildman–Crippen MR) is 81.9 cm³/mol. The fraction of sp³-hybridized carbons (Fsp3) is 0.625. The summed E-state index contributed by atoms with van der Waals surface area (Å²) in [5, 5.41) is 3.56. The summed E-state index contributed by atoms with van der Waals surface area (Å²) in [6, 6.07) is 8.89. The van der Waals surface area contributed by atoms with Crippen LogP contribution in [0.1, 0.15) is 45.1 Å². The molecule has 0 amide bonds. The van der Waals surface area contributed by atoms with Gasteiger partial charge < -0.3 is 5.32 Å². The minimum absolute atomic E-state index is 0.438. The summed E-state index contributed by atoms with van der Waals surface area (Å²) in [5.41, 5.74) is 1.92. The van der Waals surface area contributed by atoms with E-state index in [9.17, 15) is 0 Å². The fourth-order valence-electron chi connectivity index (χ4n) is 3.43. The normalized spacial score (nSPS) is 28.6. The van der Waals surface area contributed by atoms with Crippen molar-refractivity contribution in [2.45, 2.75) is 39.5 Å². The third kappa shape index (κ3) is 3.16. The lowest BCUT2D eigenvalue weighted by Gasteiger charge is -2.43. The molecule has 1 N–H and O–H groups in total. The second-order valence-corrected chi connectivity index (χ2v) is 7.23. The second-order valence-electron chi connectivity index (χ2n) is 6.31. The molecule has 18 heavy (non-hydrogen) atoms. The third-order valence-corrected chi connectivity index (χ3v) is 4.74. The Balaban J connectivity index is 2.24. The number of piperidine rings is 1. The molecule has 1 aromatic rings. The van der Waals surface area contributed by atoms with Crippen LogP contribution < -0.4 is 5.32 Å². The summed E-state index contributed by atoms with van der Waals surface area (Å²) < 4.78 is 1.17. The van der Waals surface area contributed by atoms with E-state index in [-0.39, 0.29) is 0 Å². The molecule has 2 unspecified atom stereocenters. The monoisotopic (exact) mass is 309 g/mol. The lowest BCUT2D eigenvalue weighted by molar-refractivity contribution is 0.151. The van der Waals surface area contributed by atoms with E-state index in [1.165, 1.54) is 22.9 Å². The van der Waals surface area contributed by atoms with Crippen LogP contribution in [-0.2, 0) is 0 Å². The zero-order valence-corrected chi connectivity index (χ0v) is 13.3. The molecule has 1 aromatic carbocycles. The molecule has 1 saturated heterocycles. The van der Waals surface area contributed by atoms with Crippen molar-refractivity contribution in [3.63, 3.8) is 0 Å². The van der Waals surface area contributed by atoms with Crippen LogP contribution in [-0.4, -0.2) is 13.1 Å². The van der Waals surface area contributed by atoms with Gasteiger partial charge >= 0.3 is 0 Å². The maximum atomic E-state index is 3.56. The van der Waals surface area contributed by atoms with Crippen molar-refractivity contribution in [2.24, 2.45) is 11.3 Å². The highest BCUT2D eigenvalue weighted by Gasteiger charge is 2.37. The van der Waals surface area contributed by atoms with Crippen molar-refractivity contribution in [1.82, 2.24) is 5.32 Å². The van der Waals surface area contributed by atoms with Gasteiger partial charge in [0, 0.05) is 16.9 Å². The van der Waals surface area contributed by atoms with E-state index < -0.39 is 0 Å². The first-order valence-corrected chi connectivity index (χ1v) is 7.77. The van der Waals surface area contributed by atoms with E-state index in [2.05, 4.69) is 66.3 Å². The van der Waals surface area contributed by atoms with E-state index in [1.54, 1.807) is 0 Å². The maximum Gasteiger partial charge on any atom is 0.0175 e. The molecular formula is C16H24BrN. The Kier molecular flexibility index (Phi) is 4.50. The number of hydrogen-bond acceptors (Lipinski definition) is 1. The van der Waals surface area contributed by atoms with Gasteiger partial charge in [-0.15, -0.1) is 0 Å². The molecule has 1 heterocycles. The highest BCUT2D eigenvalue weighted by Crippen LogP contribution is 2.45. The van der Waals surface area contributed by atoms with Crippen molar-refractivity contribution in [1.29, 1.82) is 0 Å². The Morgan fingerprint density at radius 1 is 1.33 bits per heavy atom. The lowest BCUT2D eigenvalue weighted by Crippen LogP contribution is -2.42. The van der Waals surface area contributed by atoms with Crippen molar-refractivity contribution < 1.29 is 0 Å². The molecule has 1 aliphatic rings. The highest BCUT2D eigenvalue weighted by atomic mass is 79.9. The Bertz CT molecular complexity index is 385. The number of halogens is 1. The molecule has 2 rings (SSSR count). The van der Waals surface area contributed by atoms with Crippen LogP contribution in [0, 0.1) is 11.3 Å². The minimum Gasteiger partial charge on any atom is -0.316 e. The average molecular weight is 310 g/mol. The minimum atomic E-state index is 0.438. The SMILES string of the molecule is CC(C)CC1(C)CCNCC1c1ccc(Br)cc1. The molecule has 0 spiro atoms. The van der Waals surface area contributed by atoms with E-state index in [4.69, 9.17) is 0 Å². The van der Waals surface area contributed by atoms with Crippen molar-refractivity contribution in [2.75, 3.05) is 13.1 Å². The Hall–Kier alpha value is -0.340. The molecule has 2 atom stereocenters. The first-order chi connectivity index (χ1) is 8.51. The zero-order valence-electron chi connectivity index (χ0n) is 11.7. The smallest absolute Gasteiger partial charge is 0.0175 e. The predicted octanol–water partition coefficient (Wildman–Crippen LogP) is 4.58. The van der Waals surface area contributed by atoms with Gasteiger partial charge in [-0.3, -0.25) is 0 Å². The van der Waals surface area contributed by atoms with Crippen molar-refractivity contribution in [3.05, 3.63) is 34.3 Å². The molecule has 0 bridgehead atoms. The highest BCUT2D eigenvalue weighted by molar-refractivity contribution is 9.10. The van der Waals surface area contributed by atoms with Gasteiger partial charge in [0.25, 0.3) is 0 Å². The molecule has 0 aliphatic carbocycles. The van der Waals surface area contributed by atoms with Crippen LogP contribution >= 0.6 is 15.9 Å². The Labute approximate surface area is 119 Å². The number of rotatable bonds is 3. The van der Waals surface area contributed by atoms with Crippen LogP contribution in [0.25, 0.3) is 0 Å². The Morgan fingerprint density at radius 2 is 2.00 bits per heavy atom. The van der Waals surface area contributed by atoms with Gasteiger partial charge in [-0.05, 0) is 48.4 Å². The van der Waals surface area contributed by atoms with Crippen molar-refractivity contribution in [3.8, 4) is 0 Å². The molecule has 1 nitrogen and oxygen atoms in total. The summed E-state index contributed by atoms with van der Waals surface area (Å²) >= 11 is 3.52. The van der Waals surface area contributed by atoms with E-state index >= 15 is 0 Å². The quantitative estimate of drug-likeness (QED) is 0.862. The maximum absolute atomic E-state index is 3.56. The van der Waals surface area contributed by atoms with Gasteiger partial charge in [0.15, 0.2) is 0 Å². The van der Waals surface area contributed by atoms with Crippen LogP contribution in [0.2, 0.25) is 0 Å². The van der Waals surface area contributed by atoms with Gasteiger partial charge in [0.1, 0.15) is 0 Å². The number of nitrogens with one attached hydrogen (secondary N) is 1. The standard InChI is InChI=1S/C16H24BrN/c1-12(2)10-16(3)8-9-18-11-15(16)13-4-6-14(17)7-5-13/h4-7,12,15,18H,8-11H2,1-3H3. The molecular weight excluding hydrogens is 286 g/mol. The van der Waals surface area contributed by atoms with Crippen LogP contribution in [0.5, 0.6) is 0 Å². The third-order valence-electron chi connectivity index (χ3n) is 4.21. The fourth-order valence-corrected chi connectivity index (χ4v) is 3.70. The van der Waals surface area contributed by atoms with E-state index in [0.717, 1.165) is 19.0 Å². The molecule has 0 saturated carbocycles. The average Bonchev–Trinajstić information content (AvgIpc) is 2.29. The molecule has 0 radical (unpaired) electrons. The second kappa shape index (κ2) is 5.75. The first kappa shape index (κ1) is 14.1. The van der Waals surface area contributed by atoms with Gasteiger partial charge in [-0.2, -0.15) is 0 Å². The topological polar surface area (TPSA) is 12.0 Å². The molecule has 2 heteroatoms. The van der Waals surface area contributed by atoms with E-state index in [1.807, 2.05) is 0 Å². The van der Waals surface area contributed by atoms with Crippen LogP contribution in [0.4, 0.5) is 0 Å². The molecule has 0 aromatic heterocycles. The summed E-state index contributed by atoms with van der Waals surface area (Å²) in [6.07, 6.45) is 2.60. The van der Waals surface area contributed by atoms with Crippen molar-refractivity contribution >= 4 is 15.9 Å². The first-order valence-electron chi connectivity index (χ1n) is 6.97. The van der Waals surface area contributed by atoms with E-state index in [0.29, 0.717) is 11.3 Å². The van der Waals surface area contributed by atoms with Crippen LogP contribution in [0.15, 0.2) is 28.7 Å². The van der Waals surface area contributed by atoms with Gasteiger partial charge in [-0.25, -0.2) is 0 Å². The summed E-state index contributed by atoms with van der Waals surface area (Å²) in [6.45, 7) is 9.43. The summed E-state index contributed by atoms with van der Waals surface area (Å²) in [7, 11) is 0. The van der Waals surface area contributed by atoms with Crippen LogP contribution in [0.3, 0.4) is 0 Å². The summed E-state index contributed by atoms with van der Waals surface area (Å²) in [4.78, 5) is 0. The van der Waals surface area contributed by atoms with Gasteiger partial charge in [0.05, 0.1) is 0 Å². The number of hydrogen-bond donors (Lipinski definition) is 1. The molecule has 1 aliphatic heterocycles. The lowest BCUT2D eigenvalue weighted by atomic mass is 9.65. The Morgan fingerprint density at radius 3 is 2.61 bits per heavy atom.